The highest BCUT2D eigenvalue weighted by atomic mass is 16.1. The topological polar surface area (TPSA) is 63.7 Å². The number of hydrogen-bond donors (Lipinski definition) is 2. The number of hydrogen-bond acceptors (Lipinski definition) is 5. The smallest absolute Gasteiger partial charge is 0.167 e. The Labute approximate surface area is 203 Å². The molecule has 1 unspecified atom stereocenters. The van der Waals surface area contributed by atoms with Gasteiger partial charge in [-0.15, -0.1) is 0 Å². The lowest BCUT2D eigenvalue weighted by Gasteiger charge is -2.37. The first kappa shape index (κ1) is 24.2. The third-order valence-corrected chi connectivity index (χ3v) is 6.87. The van der Waals surface area contributed by atoms with Gasteiger partial charge in [-0.25, -0.2) is 0 Å². The summed E-state index contributed by atoms with van der Waals surface area (Å²) in [6.45, 7) is 5.17. The molecule has 0 bridgehead atoms. The Bertz CT molecular complexity index is 1040. The predicted molar refractivity (Wildman–Crippen MR) is 142 cm³/mol. The molecule has 1 atom stereocenters. The number of allylic oxidation sites excluding steroid dienone is 2. The molecule has 0 saturated carbocycles. The highest BCUT2D eigenvalue weighted by Crippen LogP contribution is 2.36. The summed E-state index contributed by atoms with van der Waals surface area (Å²) in [5.74, 6) is 0.582. The zero-order valence-corrected chi connectivity index (χ0v) is 20.6. The van der Waals surface area contributed by atoms with E-state index in [0.29, 0.717) is 18.4 Å². The first-order chi connectivity index (χ1) is 16.5. The second-order valence-electron chi connectivity index (χ2n) is 9.59. The zero-order valence-electron chi connectivity index (χ0n) is 20.6. The molecule has 1 aliphatic carbocycles. The Morgan fingerprint density at radius 2 is 1.94 bits per heavy atom. The average Bonchev–Trinajstić information content (AvgIpc) is 3.17. The number of ketones is 1. The van der Waals surface area contributed by atoms with Crippen LogP contribution in [0.2, 0.25) is 0 Å². The van der Waals surface area contributed by atoms with E-state index in [4.69, 9.17) is 0 Å². The predicted octanol–water partition coefficient (Wildman–Crippen LogP) is 5.15. The van der Waals surface area contributed by atoms with Crippen LogP contribution in [0.15, 0.2) is 53.7 Å². The molecule has 2 N–H and O–H groups in total. The molecular weight excluding hydrogens is 422 g/mol. The maximum atomic E-state index is 13.4. The summed E-state index contributed by atoms with van der Waals surface area (Å²) in [5.41, 5.74) is 4.62. The number of H-pyrrole nitrogens is 1. The number of likely N-dealkylation sites (tertiary alicyclic amines) is 1. The number of anilines is 2. The molecule has 0 spiro atoms. The summed E-state index contributed by atoms with van der Waals surface area (Å²) in [7, 11) is 4.35. The van der Waals surface area contributed by atoms with Crippen LogP contribution >= 0.6 is 0 Å². The van der Waals surface area contributed by atoms with Gasteiger partial charge in [-0.05, 0) is 83.6 Å². The number of piperidine rings is 1. The van der Waals surface area contributed by atoms with Gasteiger partial charge in [-0.3, -0.25) is 9.79 Å². The van der Waals surface area contributed by atoms with Gasteiger partial charge in [-0.1, -0.05) is 24.3 Å². The maximum Gasteiger partial charge on any atom is 0.167 e. The highest BCUT2D eigenvalue weighted by molar-refractivity contribution is 6.06. The van der Waals surface area contributed by atoms with Gasteiger partial charge in [-0.2, -0.15) is 0 Å². The van der Waals surface area contributed by atoms with Crippen molar-refractivity contribution in [2.75, 3.05) is 39.0 Å². The van der Waals surface area contributed by atoms with Crippen LogP contribution in [0.3, 0.4) is 0 Å². The summed E-state index contributed by atoms with van der Waals surface area (Å²) in [5, 5.41) is 3.50. The van der Waals surface area contributed by atoms with Gasteiger partial charge in [0.1, 0.15) is 0 Å². The number of aromatic amines is 1. The molecular formula is C28H37N5O. The fraction of sp³-hybridized carbons (Fsp3) is 0.429. The van der Waals surface area contributed by atoms with Gasteiger partial charge >= 0.3 is 0 Å². The molecule has 0 radical (unpaired) electrons. The van der Waals surface area contributed by atoms with Gasteiger partial charge in [0.25, 0.3) is 0 Å². The fourth-order valence-corrected chi connectivity index (χ4v) is 5.12. The van der Waals surface area contributed by atoms with Crippen molar-refractivity contribution < 1.29 is 4.79 Å². The van der Waals surface area contributed by atoms with Gasteiger partial charge in [0, 0.05) is 42.8 Å². The van der Waals surface area contributed by atoms with E-state index in [0.717, 1.165) is 54.4 Å². The van der Waals surface area contributed by atoms with Crippen LogP contribution in [0.4, 0.5) is 11.4 Å². The summed E-state index contributed by atoms with van der Waals surface area (Å²) < 4.78 is 0. The molecule has 0 amide bonds. The number of para-hydroxylation sites is 1. The quantitative estimate of drug-likeness (QED) is 0.536. The number of nitrogens with one attached hydrogen (secondary N) is 2. The first-order valence-corrected chi connectivity index (χ1v) is 12.3. The van der Waals surface area contributed by atoms with Crippen molar-refractivity contribution in [3.05, 3.63) is 65.6 Å². The highest BCUT2D eigenvalue weighted by Gasteiger charge is 2.32. The summed E-state index contributed by atoms with van der Waals surface area (Å²) in [6, 6.07) is 10.7. The number of fused-ring (bicyclic) bond motifs is 1. The molecule has 1 aromatic heterocycles. The van der Waals surface area contributed by atoms with E-state index in [2.05, 4.69) is 39.2 Å². The largest absolute Gasteiger partial charge is 0.357 e. The molecule has 1 fully saturated rings. The Hall–Kier alpha value is -2.96. The fourth-order valence-electron chi connectivity index (χ4n) is 5.12. The summed E-state index contributed by atoms with van der Waals surface area (Å²) >= 11 is 0. The molecule has 2 aromatic rings. The van der Waals surface area contributed by atoms with Crippen molar-refractivity contribution in [2.24, 2.45) is 10.9 Å². The van der Waals surface area contributed by atoms with Crippen LogP contribution < -0.4 is 5.32 Å². The normalized spacial score (nSPS) is 20.2. The third kappa shape index (κ3) is 5.93. The average molecular weight is 460 g/mol. The van der Waals surface area contributed by atoms with E-state index >= 15 is 0 Å². The van der Waals surface area contributed by atoms with Crippen LogP contribution in [-0.4, -0.2) is 66.6 Å². The van der Waals surface area contributed by atoms with Crippen LogP contribution in [0, 0.1) is 5.92 Å². The second-order valence-corrected chi connectivity index (χ2v) is 9.59. The van der Waals surface area contributed by atoms with Gasteiger partial charge in [0.05, 0.1) is 16.9 Å². The number of Topliss-reactive ketones (excluding diaryl/α,β-unsaturated/α-hetero) is 1. The monoisotopic (exact) mass is 459 g/mol. The molecule has 34 heavy (non-hydrogen) atoms. The molecule has 1 saturated heterocycles. The molecule has 1 aliphatic heterocycles. The van der Waals surface area contributed by atoms with Crippen molar-refractivity contribution in [1.29, 1.82) is 0 Å². The number of carbonyl (C=O) groups excluding carboxylic acids is 1. The van der Waals surface area contributed by atoms with Crippen molar-refractivity contribution in [3.63, 3.8) is 0 Å². The molecule has 6 heteroatoms. The van der Waals surface area contributed by atoms with Crippen LogP contribution in [0.5, 0.6) is 0 Å². The lowest BCUT2D eigenvalue weighted by Crippen LogP contribution is -2.44. The number of aliphatic imine (C=N–C) groups is 1. The van der Waals surface area contributed by atoms with Gasteiger partial charge in [0.2, 0.25) is 0 Å². The van der Waals surface area contributed by atoms with E-state index < -0.39 is 0 Å². The summed E-state index contributed by atoms with van der Waals surface area (Å²) in [6.07, 6.45) is 13.2. The maximum absolute atomic E-state index is 13.4. The molecule has 2 heterocycles. The van der Waals surface area contributed by atoms with E-state index in [9.17, 15) is 4.79 Å². The lowest BCUT2D eigenvalue weighted by molar-refractivity contribution is 0.0902. The molecule has 4 rings (SSSR count). The second kappa shape index (κ2) is 11.4. The van der Waals surface area contributed by atoms with Crippen molar-refractivity contribution in [1.82, 2.24) is 14.8 Å². The third-order valence-electron chi connectivity index (χ3n) is 6.87. The number of rotatable bonds is 8. The Morgan fingerprint density at radius 1 is 1.18 bits per heavy atom. The number of carbonyl (C=O) groups is 1. The standard InChI is InChI=1S/C28H37N5O/c1-4-14-29-15-8-11-24-28(30-22-9-6-5-7-10-22)27-25(31-24)18-21(19-26(27)34)20-33-16-12-23(13-17-33)32(2)3/h4-11,14-15,21,23,30-31H,12-13,16-20H2,1-3H3/b11-8+,14-4-,29-15-. The minimum Gasteiger partial charge on any atom is -0.357 e. The minimum absolute atomic E-state index is 0.228. The van der Waals surface area contributed by atoms with E-state index in [1.165, 1.54) is 12.8 Å². The minimum atomic E-state index is 0.228. The summed E-state index contributed by atoms with van der Waals surface area (Å²) in [4.78, 5) is 26.0. The lowest BCUT2D eigenvalue weighted by atomic mass is 9.85. The SMILES string of the molecule is C\C=C/N=C\C=C\c1[nH]c2c(c1Nc1ccccc1)C(=O)CC(CN1CCC(N(C)C)CC1)C2. The Balaban J connectivity index is 1.52. The van der Waals surface area contributed by atoms with Crippen molar-refractivity contribution >= 4 is 29.4 Å². The van der Waals surface area contributed by atoms with Crippen molar-refractivity contribution in [2.45, 2.75) is 38.6 Å². The van der Waals surface area contributed by atoms with E-state index in [1.807, 2.05) is 55.5 Å². The first-order valence-electron chi connectivity index (χ1n) is 12.3. The van der Waals surface area contributed by atoms with Crippen LogP contribution in [0.25, 0.3) is 6.08 Å². The van der Waals surface area contributed by atoms with Crippen LogP contribution in [0.1, 0.15) is 47.9 Å². The van der Waals surface area contributed by atoms with Gasteiger partial charge < -0.3 is 20.1 Å². The molecule has 2 aliphatic rings. The van der Waals surface area contributed by atoms with E-state index in [-0.39, 0.29) is 5.78 Å². The van der Waals surface area contributed by atoms with Gasteiger partial charge in [0.15, 0.2) is 5.78 Å². The molecule has 1 aromatic carbocycles. The Kier molecular flexibility index (Phi) is 8.14. The molecule has 180 valence electrons. The number of aromatic nitrogens is 1. The zero-order chi connectivity index (χ0) is 23.9. The Morgan fingerprint density at radius 3 is 2.65 bits per heavy atom. The number of benzene rings is 1. The van der Waals surface area contributed by atoms with E-state index in [1.54, 1.807) is 12.4 Å². The van der Waals surface area contributed by atoms with Crippen LogP contribution in [-0.2, 0) is 6.42 Å². The number of nitrogens with zero attached hydrogens (tertiary/aromatic N) is 3. The molecule has 6 nitrogen and oxygen atoms in total. The van der Waals surface area contributed by atoms with Crippen molar-refractivity contribution in [3.8, 4) is 0 Å².